The lowest BCUT2D eigenvalue weighted by atomic mass is 9.98. The minimum atomic E-state index is -0.892. The van der Waals surface area contributed by atoms with Gasteiger partial charge in [-0.25, -0.2) is 0 Å². The Kier molecular flexibility index (Phi) is 12.1. The zero-order chi connectivity index (χ0) is 30.0. The average molecular weight is 574 g/mol. The molecule has 3 rings (SSSR count). The molecule has 0 aliphatic carbocycles. The zero-order valence-corrected chi connectivity index (χ0v) is 24.7. The van der Waals surface area contributed by atoms with E-state index >= 15 is 0 Å². The van der Waals surface area contributed by atoms with E-state index in [2.05, 4.69) is 10.6 Å². The number of benzene rings is 1. The third kappa shape index (κ3) is 10.4. The van der Waals surface area contributed by atoms with Gasteiger partial charge in [0.25, 0.3) is 0 Å². The number of hydrogen-bond acceptors (Lipinski definition) is 7. The molecule has 3 amide bonds. The summed E-state index contributed by atoms with van der Waals surface area (Å²) in [4.78, 5) is 53.0. The molecule has 10 nitrogen and oxygen atoms in total. The van der Waals surface area contributed by atoms with E-state index in [9.17, 15) is 24.3 Å². The molecular formula is C31H47N3O7. The molecule has 10 heteroatoms. The second-order valence-electron chi connectivity index (χ2n) is 12.2. The molecule has 2 saturated heterocycles. The van der Waals surface area contributed by atoms with Crippen molar-refractivity contribution in [3.63, 3.8) is 0 Å². The third-order valence-corrected chi connectivity index (χ3v) is 7.66. The smallest absolute Gasteiger partial charge is 0.306 e. The van der Waals surface area contributed by atoms with Gasteiger partial charge in [-0.15, -0.1) is 0 Å². The number of nitrogens with one attached hydrogen (secondary N) is 2. The molecule has 228 valence electrons. The molecule has 0 saturated carbocycles. The van der Waals surface area contributed by atoms with E-state index in [-0.39, 0.29) is 55.7 Å². The Morgan fingerprint density at radius 1 is 1.00 bits per heavy atom. The molecule has 4 atom stereocenters. The number of amides is 3. The molecular weight excluding hydrogens is 526 g/mol. The summed E-state index contributed by atoms with van der Waals surface area (Å²) in [6.45, 7) is 5.39. The summed E-state index contributed by atoms with van der Waals surface area (Å²) in [7, 11) is 0. The Labute approximate surface area is 243 Å². The molecule has 2 heterocycles. The van der Waals surface area contributed by atoms with Gasteiger partial charge >= 0.3 is 5.97 Å². The van der Waals surface area contributed by atoms with Crippen LogP contribution in [0.2, 0.25) is 0 Å². The maximum atomic E-state index is 13.6. The van der Waals surface area contributed by atoms with Gasteiger partial charge in [0.1, 0.15) is 17.7 Å². The first-order valence-corrected chi connectivity index (χ1v) is 14.9. The van der Waals surface area contributed by atoms with E-state index in [0.717, 1.165) is 36.8 Å². The summed E-state index contributed by atoms with van der Waals surface area (Å²) in [6.07, 6.45) is 5.46. The summed E-state index contributed by atoms with van der Waals surface area (Å²) in [6, 6.07) is 6.55. The van der Waals surface area contributed by atoms with Crippen molar-refractivity contribution in [1.29, 1.82) is 0 Å². The fourth-order valence-electron chi connectivity index (χ4n) is 5.53. The van der Waals surface area contributed by atoms with Crippen molar-refractivity contribution in [2.45, 2.75) is 121 Å². The number of ether oxygens (including phenoxy) is 1. The van der Waals surface area contributed by atoms with E-state index in [0.29, 0.717) is 32.1 Å². The van der Waals surface area contributed by atoms with Gasteiger partial charge in [0.2, 0.25) is 17.7 Å². The second-order valence-corrected chi connectivity index (χ2v) is 12.2. The predicted molar refractivity (Wildman–Crippen MR) is 154 cm³/mol. The summed E-state index contributed by atoms with van der Waals surface area (Å²) in [5.74, 6) is -0.892. The molecule has 0 radical (unpaired) electrons. The van der Waals surface area contributed by atoms with Crippen molar-refractivity contribution in [3.8, 4) is 0 Å². The first-order chi connectivity index (χ1) is 19.5. The van der Waals surface area contributed by atoms with Crippen molar-refractivity contribution < 1.29 is 34.1 Å². The summed E-state index contributed by atoms with van der Waals surface area (Å²) in [5.41, 5.74) is 1.52. The fraction of sp³-hybridized carbons (Fsp3) is 0.677. The molecule has 1 aromatic rings. The van der Waals surface area contributed by atoms with Gasteiger partial charge in [-0.05, 0) is 76.8 Å². The molecule has 2 aliphatic heterocycles. The SMILES string of the molecule is CC(C)(C)OC(=O)CCc1ccc(CCC(=O)NC2CCCC[C@H]3CCC(C(=O)NCC[C@H](O)CO)N3C2=O)cc1. The van der Waals surface area contributed by atoms with Gasteiger partial charge in [0.05, 0.1) is 12.7 Å². The molecule has 0 aromatic heterocycles. The molecule has 0 bridgehead atoms. The van der Waals surface area contributed by atoms with Crippen molar-refractivity contribution in [1.82, 2.24) is 15.5 Å². The molecule has 2 fully saturated rings. The van der Waals surface area contributed by atoms with Gasteiger partial charge in [-0.1, -0.05) is 37.1 Å². The van der Waals surface area contributed by atoms with Gasteiger partial charge in [0, 0.05) is 25.4 Å². The van der Waals surface area contributed by atoms with Crippen LogP contribution in [-0.2, 0) is 36.8 Å². The summed E-state index contributed by atoms with van der Waals surface area (Å²) < 4.78 is 5.35. The van der Waals surface area contributed by atoms with E-state index < -0.39 is 23.8 Å². The average Bonchev–Trinajstić information content (AvgIpc) is 3.34. The lowest BCUT2D eigenvalue weighted by Gasteiger charge is -2.35. The number of esters is 1. The lowest BCUT2D eigenvalue weighted by molar-refractivity contribution is -0.154. The van der Waals surface area contributed by atoms with Crippen LogP contribution in [0.1, 0.15) is 89.7 Å². The molecule has 0 spiro atoms. The standard InChI is InChI=1S/C31H47N3O7/c1-31(2,3)41-28(38)17-13-22-10-8-21(9-11-22)12-16-27(37)33-25-7-5-4-6-23-14-15-26(34(23)30(25)40)29(39)32-19-18-24(36)20-35/h8-11,23-26,35-36H,4-7,12-20H2,1-3H3,(H,32,39)(H,33,37)/t23-,24-,25?,26?/m0/s1. The van der Waals surface area contributed by atoms with Gasteiger partial charge in [0.15, 0.2) is 0 Å². The highest BCUT2D eigenvalue weighted by molar-refractivity contribution is 5.93. The second kappa shape index (κ2) is 15.3. The number of nitrogens with zero attached hydrogens (tertiary/aromatic N) is 1. The van der Waals surface area contributed by atoms with Gasteiger partial charge < -0.3 is 30.5 Å². The van der Waals surface area contributed by atoms with Crippen molar-refractivity contribution >= 4 is 23.7 Å². The Balaban J connectivity index is 1.50. The van der Waals surface area contributed by atoms with Crippen molar-refractivity contribution in [2.75, 3.05) is 13.2 Å². The first-order valence-electron chi connectivity index (χ1n) is 14.9. The van der Waals surface area contributed by atoms with Crippen LogP contribution >= 0.6 is 0 Å². The van der Waals surface area contributed by atoms with Crippen LogP contribution in [0.5, 0.6) is 0 Å². The molecule has 2 unspecified atom stereocenters. The number of carbonyl (C=O) groups is 4. The maximum absolute atomic E-state index is 13.6. The number of aryl methyl sites for hydroxylation is 2. The topological polar surface area (TPSA) is 145 Å². The van der Waals surface area contributed by atoms with Crippen molar-refractivity contribution in [2.24, 2.45) is 0 Å². The maximum Gasteiger partial charge on any atom is 0.306 e. The Hall–Kier alpha value is -2.98. The minimum absolute atomic E-state index is 0.0187. The first kappa shape index (κ1) is 32.5. The highest BCUT2D eigenvalue weighted by atomic mass is 16.6. The number of carbonyl (C=O) groups excluding carboxylic acids is 4. The zero-order valence-electron chi connectivity index (χ0n) is 24.7. The van der Waals surface area contributed by atoms with E-state index in [1.807, 2.05) is 45.0 Å². The van der Waals surface area contributed by atoms with Gasteiger partial charge in [-0.3, -0.25) is 19.2 Å². The van der Waals surface area contributed by atoms with E-state index in [4.69, 9.17) is 9.84 Å². The third-order valence-electron chi connectivity index (χ3n) is 7.66. The number of aliphatic hydroxyl groups excluding tert-OH is 2. The van der Waals surface area contributed by atoms with Crippen LogP contribution in [0, 0.1) is 0 Å². The molecule has 1 aromatic carbocycles. The molecule has 2 aliphatic rings. The van der Waals surface area contributed by atoms with Gasteiger partial charge in [-0.2, -0.15) is 0 Å². The van der Waals surface area contributed by atoms with Crippen LogP contribution in [0.25, 0.3) is 0 Å². The number of fused-ring (bicyclic) bond motifs is 1. The fourth-order valence-corrected chi connectivity index (χ4v) is 5.53. The van der Waals surface area contributed by atoms with Crippen LogP contribution in [0.4, 0.5) is 0 Å². The Morgan fingerprint density at radius 2 is 1.63 bits per heavy atom. The monoisotopic (exact) mass is 573 g/mol. The quantitative estimate of drug-likeness (QED) is 0.281. The minimum Gasteiger partial charge on any atom is -0.460 e. The Bertz CT molecular complexity index is 1040. The summed E-state index contributed by atoms with van der Waals surface area (Å²) in [5, 5.41) is 24.2. The van der Waals surface area contributed by atoms with Crippen LogP contribution in [0.15, 0.2) is 24.3 Å². The highest BCUT2D eigenvalue weighted by Crippen LogP contribution is 2.31. The molecule has 41 heavy (non-hydrogen) atoms. The largest absolute Gasteiger partial charge is 0.460 e. The van der Waals surface area contributed by atoms with Crippen LogP contribution < -0.4 is 10.6 Å². The van der Waals surface area contributed by atoms with Crippen LogP contribution in [-0.4, -0.2) is 81.8 Å². The normalized spacial score (nSPS) is 21.8. The molecule has 4 N–H and O–H groups in total. The summed E-state index contributed by atoms with van der Waals surface area (Å²) >= 11 is 0. The van der Waals surface area contributed by atoms with Crippen LogP contribution in [0.3, 0.4) is 0 Å². The number of hydrogen-bond donors (Lipinski definition) is 4. The van der Waals surface area contributed by atoms with E-state index in [1.165, 1.54) is 0 Å². The Morgan fingerprint density at radius 3 is 2.27 bits per heavy atom. The highest BCUT2D eigenvalue weighted by Gasteiger charge is 2.43. The predicted octanol–water partition coefficient (Wildman–Crippen LogP) is 2.17. The van der Waals surface area contributed by atoms with E-state index in [1.54, 1.807) is 4.90 Å². The van der Waals surface area contributed by atoms with Crippen molar-refractivity contribution in [3.05, 3.63) is 35.4 Å². The lowest BCUT2D eigenvalue weighted by Crippen LogP contribution is -2.56. The number of aliphatic hydroxyl groups is 2. The number of rotatable bonds is 12.